The van der Waals surface area contributed by atoms with Gasteiger partial charge in [-0.15, -0.1) is 13.2 Å². The average Bonchev–Trinajstić information content (AvgIpc) is 2.42. The van der Waals surface area contributed by atoms with Crippen molar-refractivity contribution in [3.63, 3.8) is 0 Å². The zero-order valence-electron chi connectivity index (χ0n) is 11.8. The number of aliphatic carboxylic acids is 1. The Morgan fingerprint density at radius 2 is 1.86 bits per heavy atom. The van der Waals surface area contributed by atoms with Crippen LogP contribution in [0.3, 0.4) is 0 Å². The summed E-state index contributed by atoms with van der Waals surface area (Å²) in [6.45, 7) is 1.51. The topological polar surface area (TPSA) is 75.6 Å². The number of nitrogens with one attached hydrogen (secondary N) is 1. The fourth-order valence-electron chi connectivity index (χ4n) is 1.56. The number of carboxylic acid groups (broad SMARTS) is 1. The predicted octanol–water partition coefficient (Wildman–Crippen LogP) is 2.35. The Hall–Kier alpha value is -2.25. The molecule has 0 aliphatic carbocycles. The summed E-state index contributed by atoms with van der Waals surface area (Å²) in [7, 11) is 0. The summed E-state index contributed by atoms with van der Waals surface area (Å²) in [6, 6.07) is 5.23. The second-order valence-electron chi connectivity index (χ2n) is 4.74. The highest BCUT2D eigenvalue weighted by Crippen LogP contribution is 2.22. The van der Waals surface area contributed by atoms with Crippen molar-refractivity contribution in [1.82, 2.24) is 5.32 Å². The Labute approximate surface area is 125 Å². The van der Waals surface area contributed by atoms with E-state index in [9.17, 15) is 22.8 Å². The van der Waals surface area contributed by atoms with Gasteiger partial charge in [0.2, 0.25) is 5.91 Å². The SMILES string of the molecule is CC(CNC(=O)CCc1ccc(OC(F)(F)F)cc1)C(=O)O. The first-order valence-corrected chi connectivity index (χ1v) is 6.51. The van der Waals surface area contributed by atoms with Crippen molar-refractivity contribution in [2.45, 2.75) is 26.1 Å². The summed E-state index contributed by atoms with van der Waals surface area (Å²) < 4.78 is 39.7. The van der Waals surface area contributed by atoms with Crippen LogP contribution >= 0.6 is 0 Å². The molecule has 8 heteroatoms. The normalized spacial score (nSPS) is 12.5. The van der Waals surface area contributed by atoms with E-state index in [4.69, 9.17) is 5.11 Å². The number of hydrogen-bond donors (Lipinski definition) is 2. The molecule has 5 nitrogen and oxygen atoms in total. The molecule has 0 bridgehead atoms. The molecule has 0 spiro atoms. The van der Waals surface area contributed by atoms with E-state index >= 15 is 0 Å². The standard InChI is InChI=1S/C14H16F3NO4/c1-9(13(20)21)8-18-12(19)7-4-10-2-5-11(6-3-10)22-14(15,16)17/h2-3,5-6,9H,4,7-8H2,1H3,(H,18,19)(H,20,21). The third-order valence-corrected chi connectivity index (χ3v) is 2.82. The number of benzene rings is 1. The van der Waals surface area contributed by atoms with Crippen LogP contribution in [0.25, 0.3) is 0 Å². The zero-order chi connectivity index (χ0) is 16.8. The monoisotopic (exact) mass is 319 g/mol. The van der Waals surface area contributed by atoms with Crippen LogP contribution in [0, 0.1) is 5.92 Å². The van der Waals surface area contributed by atoms with Gasteiger partial charge >= 0.3 is 12.3 Å². The summed E-state index contributed by atoms with van der Waals surface area (Å²) >= 11 is 0. The van der Waals surface area contributed by atoms with Crippen LogP contribution in [0.15, 0.2) is 24.3 Å². The molecular weight excluding hydrogens is 303 g/mol. The summed E-state index contributed by atoms with van der Waals surface area (Å²) in [5.41, 5.74) is 0.677. The van der Waals surface area contributed by atoms with E-state index in [0.717, 1.165) is 0 Å². The first-order chi connectivity index (χ1) is 10.2. The van der Waals surface area contributed by atoms with Crippen molar-refractivity contribution < 1.29 is 32.6 Å². The molecule has 2 N–H and O–H groups in total. The van der Waals surface area contributed by atoms with Crippen molar-refractivity contribution in [3.8, 4) is 5.75 Å². The molecule has 0 aliphatic rings. The van der Waals surface area contributed by atoms with E-state index in [-0.39, 0.29) is 24.6 Å². The highest BCUT2D eigenvalue weighted by molar-refractivity contribution is 5.77. The predicted molar refractivity (Wildman–Crippen MR) is 71.3 cm³/mol. The molecule has 1 amide bonds. The van der Waals surface area contributed by atoms with Gasteiger partial charge in [-0.25, -0.2) is 0 Å². The van der Waals surface area contributed by atoms with Gasteiger partial charge < -0.3 is 15.2 Å². The second-order valence-corrected chi connectivity index (χ2v) is 4.74. The maximum atomic E-state index is 12.0. The smallest absolute Gasteiger partial charge is 0.481 e. The van der Waals surface area contributed by atoms with Crippen LogP contribution in [0.1, 0.15) is 18.9 Å². The average molecular weight is 319 g/mol. The lowest BCUT2D eigenvalue weighted by Crippen LogP contribution is -2.31. The van der Waals surface area contributed by atoms with Gasteiger partial charge in [-0.05, 0) is 24.1 Å². The number of hydrogen-bond acceptors (Lipinski definition) is 3. The first-order valence-electron chi connectivity index (χ1n) is 6.51. The minimum Gasteiger partial charge on any atom is -0.481 e. The Balaban J connectivity index is 2.38. The van der Waals surface area contributed by atoms with E-state index < -0.39 is 18.2 Å². The highest BCUT2D eigenvalue weighted by atomic mass is 19.4. The maximum Gasteiger partial charge on any atom is 0.573 e. The number of ether oxygens (including phenoxy) is 1. The number of halogens is 3. The molecule has 0 heterocycles. The Bertz CT molecular complexity index is 514. The third kappa shape index (κ3) is 6.96. The minimum absolute atomic E-state index is 0.0343. The van der Waals surface area contributed by atoms with Crippen LogP contribution in [0.2, 0.25) is 0 Å². The molecule has 1 aromatic carbocycles. The van der Waals surface area contributed by atoms with Gasteiger partial charge in [0.15, 0.2) is 0 Å². The number of carboxylic acids is 1. The first kappa shape index (κ1) is 17.8. The molecule has 0 aliphatic heterocycles. The number of rotatable bonds is 7. The molecule has 0 fully saturated rings. The van der Waals surface area contributed by atoms with E-state index in [1.165, 1.54) is 31.2 Å². The molecule has 1 aromatic rings. The van der Waals surface area contributed by atoms with Crippen molar-refractivity contribution in [2.24, 2.45) is 5.92 Å². The number of amides is 1. The van der Waals surface area contributed by atoms with Gasteiger partial charge in [-0.3, -0.25) is 9.59 Å². The number of carbonyl (C=O) groups is 2. The lowest BCUT2D eigenvalue weighted by molar-refractivity contribution is -0.274. The van der Waals surface area contributed by atoms with Crippen LogP contribution in [-0.2, 0) is 16.0 Å². The molecule has 1 atom stereocenters. The van der Waals surface area contributed by atoms with E-state index in [1.54, 1.807) is 0 Å². The summed E-state index contributed by atoms with van der Waals surface area (Å²) in [5.74, 6) is -2.32. The summed E-state index contributed by atoms with van der Waals surface area (Å²) in [6.07, 6.45) is -4.28. The third-order valence-electron chi connectivity index (χ3n) is 2.82. The summed E-state index contributed by atoms with van der Waals surface area (Å²) in [4.78, 5) is 22.1. The number of carbonyl (C=O) groups excluding carboxylic acids is 1. The second kappa shape index (κ2) is 7.67. The molecule has 1 unspecified atom stereocenters. The largest absolute Gasteiger partial charge is 0.573 e. The van der Waals surface area contributed by atoms with E-state index in [1.807, 2.05) is 0 Å². The van der Waals surface area contributed by atoms with Crippen LogP contribution in [-0.4, -0.2) is 29.9 Å². The Morgan fingerprint density at radius 3 is 2.36 bits per heavy atom. The van der Waals surface area contributed by atoms with Gasteiger partial charge in [-0.1, -0.05) is 19.1 Å². The summed E-state index contributed by atoms with van der Waals surface area (Å²) in [5, 5.41) is 11.1. The van der Waals surface area contributed by atoms with Crippen LogP contribution in [0.4, 0.5) is 13.2 Å². The lowest BCUT2D eigenvalue weighted by atomic mass is 10.1. The molecule has 22 heavy (non-hydrogen) atoms. The van der Waals surface area contributed by atoms with Gasteiger partial charge in [0.25, 0.3) is 0 Å². The fraction of sp³-hybridized carbons (Fsp3) is 0.429. The molecule has 0 saturated heterocycles. The van der Waals surface area contributed by atoms with Crippen molar-refractivity contribution in [2.75, 3.05) is 6.54 Å². The van der Waals surface area contributed by atoms with Crippen LogP contribution in [0.5, 0.6) is 5.75 Å². The van der Waals surface area contributed by atoms with Gasteiger partial charge in [-0.2, -0.15) is 0 Å². The quantitative estimate of drug-likeness (QED) is 0.809. The minimum atomic E-state index is -4.73. The molecule has 0 saturated carbocycles. The maximum absolute atomic E-state index is 12.0. The van der Waals surface area contributed by atoms with E-state index in [0.29, 0.717) is 12.0 Å². The number of alkyl halides is 3. The molecule has 1 rings (SSSR count). The molecule has 0 aromatic heterocycles. The van der Waals surface area contributed by atoms with Gasteiger partial charge in [0.05, 0.1) is 5.92 Å². The molecular formula is C14H16F3NO4. The number of aryl methyl sites for hydroxylation is 1. The molecule has 122 valence electrons. The van der Waals surface area contributed by atoms with Crippen molar-refractivity contribution in [3.05, 3.63) is 29.8 Å². The molecule has 0 radical (unpaired) electrons. The van der Waals surface area contributed by atoms with Gasteiger partial charge in [0, 0.05) is 13.0 Å². The van der Waals surface area contributed by atoms with Crippen molar-refractivity contribution in [1.29, 1.82) is 0 Å². The fourth-order valence-corrected chi connectivity index (χ4v) is 1.56. The Morgan fingerprint density at radius 1 is 1.27 bits per heavy atom. The lowest BCUT2D eigenvalue weighted by Gasteiger charge is -2.10. The Kier molecular flexibility index (Phi) is 6.21. The van der Waals surface area contributed by atoms with Gasteiger partial charge in [0.1, 0.15) is 5.75 Å². The van der Waals surface area contributed by atoms with Crippen molar-refractivity contribution >= 4 is 11.9 Å². The van der Waals surface area contributed by atoms with E-state index in [2.05, 4.69) is 10.1 Å². The zero-order valence-corrected chi connectivity index (χ0v) is 11.8. The highest BCUT2D eigenvalue weighted by Gasteiger charge is 2.30. The van der Waals surface area contributed by atoms with Crippen LogP contribution < -0.4 is 10.1 Å².